The summed E-state index contributed by atoms with van der Waals surface area (Å²) >= 11 is 1.35. The van der Waals surface area contributed by atoms with E-state index in [0.717, 1.165) is 16.8 Å². The molecule has 1 fully saturated rings. The zero-order valence-corrected chi connectivity index (χ0v) is 18.3. The molecule has 0 saturated carbocycles. The number of fused-ring (bicyclic) bond motifs is 2. The number of carbonyl (C=O) groups excluding carboxylic acids is 2. The molecule has 0 atom stereocenters. The molecule has 33 heavy (non-hydrogen) atoms. The van der Waals surface area contributed by atoms with Gasteiger partial charge in [0.1, 0.15) is 5.69 Å². The van der Waals surface area contributed by atoms with Crippen molar-refractivity contribution in [2.45, 2.75) is 6.54 Å². The molecule has 0 spiro atoms. The zero-order chi connectivity index (χ0) is 22.4. The maximum absolute atomic E-state index is 12.7. The van der Waals surface area contributed by atoms with E-state index in [1.165, 1.54) is 11.3 Å². The quantitative estimate of drug-likeness (QED) is 0.479. The molecule has 3 aromatic heterocycles. The van der Waals surface area contributed by atoms with Gasteiger partial charge in [0.05, 0.1) is 25.1 Å². The average Bonchev–Trinajstić information content (AvgIpc) is 3.60. The standard InChI is InChI=1S/C22H19N7O3S/c30-20-15-2-1-13(9-14(15)10-25-20)17-11-24-18(19-23-3-4-29(17)19)27-22-26-16(12-33-22)21(31)28-5-7-32-8-6-28/h1-4,9,11-12H,5-8,10H2,(H,25,30)(H,24,26,27). The van der Waals surface area contributed by atoms with E-state index < -0.39 is 0 Å². The van der Waals surface area contributed by atoms with Crippen molar-refractivity contribution in [1.82, 2.24) is 29.6 Å². The maximum Gasteiger partial charge on any atom is 0.273 e. The lowest BCUT2D eigenvalue weighted by Crippen LogP contribution is -2.40. The van der Waals surface area contributed by atoms with Crippen molar-refractivity contribution < 1.29 is 14.3 Å². The van der Waals surface area contributed by atoms with Crippen LogP contribution in [0.2, 0.25) is 0 Å². The zero-order valence-electron chi connectivity index (χ0n) is 17.4. The van der Waals surface area contributed by atoms with Gasteiger partial charge < -0.3 is 20.3 Å². The molecule has 1 aromatic carbocycles. The molecule has 4 aromatic rings. The lowest BCUT2D eigenvalue weighted by molar-refractivity contribution is 0.0299. The minimum atomic E-state index is -0.0959. The molecular weight excluding hydrogens is 442 g/mol. The molecule has 2 aliphatic heterocycles. The summed E-state index contributed by atoms with van der Waals surface area (Å²) < 4.78 is 7.25. The fourth-order valence-corrected chi connectivity index (χ4v) is 4.75. The summed E-state index contributed by atoms with van der Waals surface area (Å²) in [7, 11) is 0. The second-order valence-corrected chi connectivity index (χ2v) is 8.59. The van der Waals surface area contributed by atoms with Crippen molar-refractivity contribution in [3.63, 3.8) is 0 Å². The van der Waals surface area contributed by atoms with Crippen molar-refractivity contribution in [3.05, 3.63) is 59.0 Å². The Kier molecular flexibility index (Phi) is 4.77. The highest BCUT2D eigenvalue weighted by Gasteiger charge is 2.22. The van der Waals surface area contributed by atoms with E-state index in [0.29, 0.717) is 60.7 Å². The van der Waals surface area contributed by atoms with Crippen LogP contribution in [0.15, 0.2) is 42.2 Å². The number of carbonyl (C=O) groups is 2. The third-order valence-electron chi connectivity index (χ3n) is 5.76. The smallest absolute Gasteiger partial charge is 0.273 e. The van der Waals surface area contributed by atoms with Crippen LogP contribution in [0.3, 0.4) is 0 Å². The highest BCUT2D eigenvalue weighted by molar-refractivity contribution is 7.14. The number of nitrogens with one attached hydrogen (secondary N) is 2. The molecule has 6 rings (SSSR count). The number of ether oxygens (including phenoxy) is 1. The highest BCUT2D eigenvalue weighted by Crippen LogP contribution is 2.29. The minimum absolute atomic E-state index is 0.0445. The van der Waals surface area contributed by atoms with E-state index in [1.54, 1.807) is 22.7 Å². The van der Waals surface area contributed by atoms with Gasteiger partial charge in [-0.15, -0.1) is 11.3 Å². The number of imidazole rings is 1. The average molecular weight is 462 g/mol. The Bertz CT molecular complexity index is 1390. The number of morpholine rings is 1. The Hall–Kier alpha value is -3.83. The molecule has 5 heterocycles. The van der Waals surface area contributed by atoms with Crippen LogP contribution in [0.25, 0.3) is 16.9 Å². The van der Waals surface area contributed by atoms with Gasteiger partial charge in [0.15, 0.2) is 16.6 Å². The molecule has 1 saturated heterocycles. The lowest BCUT2D eigenvalue weighted by Gasteiger charge is -2.25. The van der Waals surface area contributed by atoms with Crippen LogP contribution in [0.5, 0.6) is 0 Å². The van der Waals surface area contributed by atoms with Gasteiger partial charge in [-0.05, 0) is 17.7 Å². The maximum atomic E-state index is 12.7. The van der Waals surface area contributed by atoms with Crippen LogP contribution in [0.4, 0.5) is 10.9 Å². The third-order valence-corrected chi connectivity index (χ3v) is 6.52. The van der Waals surface area contributed by atoms with E-state index in [9.17, 15) is 9.59 Å². The molecule has 0 radical (unpaired) electrons. The normalized spacial score (nSPS) is 15.5. The largest absolute Gasteiger partial charge is 0.378 e. The van der Waals surface area contributed by atoms with Gasteiger partial charge in [0.2, 0.25) is 0 Å². The summed E-state index contributed by atoms with van der Waals surface area (Å²) in [6, 6.07) is 5.75. The van der Waals surface area contributed by atoms with Gasteiger partial charge in [-0.25, -0.2) is 15.0 Å². The number of rotatable bonds is 4. The number of thiazole rings is 1. The van der Waals surface area contributed by atoms with Gasteiger partial charge in [-0.1, -0.05) is 6.07 Å². The second-order valence-electron chi connectivity index (χ2n) is 7.73. The number of benzene rings is 1. The fourth-order valence-electron chi connectivity index (χ4n) is 4.07. The molecular formula is C22H19N7O3S. The van der Waals surface area contributed by atoms with E-state index >= 15 is 0 Å². The molecule has 0 aliphatic carbocycles. The number of amides is 2. The summed E-state index contributed by atoms with van der Waals surface area (Å²) in [6.45, 7) is 2.77. The molecule has 11 heteroatoms. The molecule has 166 valence electrons. The van der Waals surface area contributed by atoms with Crippen molar-refractivity contribution >= 4 is 39.7 Å². The van der Waals surface area contributed by atoms with Crippen molar-refractivity contribution in [2.75, 3.05) is 31.6 Å². The topological polar surface area (TPSA) is 114 Å². The SMILES string of the molecule is O=C1NCc2cc(-c3cnc(Nc4nc(C(=O)N5CCOCC5)cs4)c4nccn34)ccc21. The van der Waals surface area contributed by atoms with Crippen LogP contribution in [0.1, 0.15) is 26.4 Å². The first-order valence-corrected chi connectivity index (χ1v) is 11.4. The molecule has 2 amide bonds. The molecule has 2 aliphatic rings. The Morgan fingerprint density at radius 2 is 2.09 bits per heavy atom. The Morgan fingerprint density at radius 1 is 1.21 bits per heavy atom. The summed E-state index contributed by atoms with van der Waals surface area (Å²) in [5, 5.41) is 8.36. The van der Waals surface area contributed by atoms with Crippen molar-refractivity contribution in [2.24, 2.45) is 0 Å². The van der Waals surface area contributed by atoms with E-state index in [2.05, 4.69) is 25.6 Å². The fraction of sp³-hybridized carbons (Fsp3) is 0.227. The third kappa shape index (κ3) is 3.51. The van der Waals surface area contributed by atoms with Crippen molar-refractivity contribution in [1.29, 1.82) is 0 Å². The summed E-state index contributed by atoms with van der Waals surface area (Å²) in [5.41, 5.74) is 4.52. The van der Waals surface area contributed by atoms with Crippen LogP contribution in [-0.4, -0.2) is 62.4 Å². The first-order valence-electron chi connectivity index (χ1n) is 10.5. The van der Waals surface area contributed by atoms with Gasteiger partial charge >= 0.3 is 0 Å². The molecule has 0 bridgehead atoms. The minimum Gasteiger partial charge on any atom is -0.378 e. The predicted octanol–water partition coefficient (Wildman–Crippen LogP) is 2.31. The van der Waals surface area contributed by atoms with E-state index in [-0.39, 0.29) is 11.8 Å². The predicted molar refractivity (Wildman–Crippen MR) is 122 cm³/mol. The number of anilines is 2. The number of nitrogens with zero attached hydrogens (tertiary/aromatic N) is 5. The Morgan fingerprint density at radius 3 is 2.97 bits per heavy atom. The number of hydrogen-bond acceptors (Lipinski definition) is 8. The van der Waals surface area contributed by atoms with Gasteiger partial charge in [-0.3, -0.25) is 14.0 Å². The first kappa shape index (κ1) is 19.8. The Labute approximate surface area is 192 Å². The molecule has 10 nitrogen and oxygen atoms in total. The Balaban J connectivity index is 1.28. The van der Waals surface area contributed by atoms with Gasteiger partial charge in [0.25, 0.3) is 11.8 Å². The lowest BCUT2D eigenvalue weighted by atomic mass is 10.0. The van der Waals surface area contributed by atoms with E-state index in [1.807, 2.05) is 28.8 Å². The van der Waals surface area contributed by atoms with Gasteiger partial charge in [0, 0.05) is 48.5 Å². The summed E-state index contributed by atoms with van der Waals surface area (Å²) in [4.78, 5) is 39.8. The van der Waals surface area contributed by atoms with E-state index in [4.69, 9.17) is 4.74 Å². The second kappa shape index (κ2) is 7.94. The highest BCUT2D eigenvalue weighted by atomic mass is 32.1. The van der Waals surface area contributed by atoms with Crippen molar-refractivity contribution in [3.8, 4) is 11.3 Å². The molecule has 2 N–H and O–H groups in total. The van der Waals surface area contributed by atoms with Crippen LogP contribution < -0.4 is 10.6 Å². The van der Waals surface area contributed by atoms with Crippen LogP contribution >= 0.6 is 11.3 Å². The van der Waals surface area contributed by atoms with Crippen LogP contribution in [-0.2, 0) is 11.3 Å². The van der Waals surface area contributed by atoms with Crippen LogP contribution in [0, 0.1) is 0 Å². The first-order chi connectivity index (χ1) is 16.2. The number of hydrogen-bond donors (Lipinski definition) is 2. The van der Waals surface area contributed by atoms with Gasteiger partial charge in [-0.2, -0.15) is 0 Å². The molecule has 0 unspecified atom stereocenters. The summed E-state index contributed by atoms with van der Waals surface area (Å²) in [5.74, 6) is 0.403. The number of aromatic nitrogens is 4. The monoisotopic (exact) mass is 461 g/mol. The summed E-state index contributed by atoms with van der Waals surface area (Å²) in [6.07, 6.45) is 5.33.